The Balaban J connectivity index is 1.97. The predicted molar refractivity (Wildman–Crippen MR) is 71.4 cm³/mol. The van der Waals surface area contributed by atoms with Gasteiger partial charge in [-0.25, -0.2) is 14.4 Å². The van der Waals surface area contributed by atoms with Crippen LogP contribution in [0.5, 0.6) is 0 Å². The highest BCUT2D eigenvalue weighted by molar-refractivity contribution is 7.81. The summed E-state index contributed by atoms with van der Waals surface area (Å²) in [6.45, 7) is 0. The smallest absolute Gasteiger partial charge is 0.381 e. The van der Waals surface area contributed by atoms with Crippen molar-refractivity contribution in [1.29, 1.82) is 0 Å². The lowest BCUT2D eigenvalue weighted by atomic mass is 10.7. The van der Waals surface area contributed by atoms with Gasteiger partial charge in [0.15, 0.2) is 0 Å². The number of aromatic nitrogens is 4. The van der Waals surface area contributed by atoms with Gasteiger partial charge < -0.3 is 8.74 Å². The largest absolute Gasteiger partial charge is 0.389 e. The van der Waals surface area contributed by atoms with Gasteiger partial charge in [0.05, 0.1) is 0 Å². The Labute approximate surface area is 126 Å². The van der Waals surface area contributed by atoms with Gasteiger partial charge in [-0.15, -0.1) is 20.4 Å². The molecular formula is C5H3N7O4S4. The van der Waals surface area contributed by atoms with E-state index < -0.39 is 17.0 Å². The average Bonchev–Trinajstić information content (AvgIpc) is 3.07. The molecule has 0 bridgehead atoms. The maximum absolute atomic E-state index is 11.0. The first-order valence-electron chi connectivity index (χ1n) is 4.40. The highest BCUT2D eigenvalue weighted by Crippen LogP contribution is 2.21. The van der Waals surface area contributed by atoms with Crippen molar-refractivity contribution in [2.45, 2.75) is 4.34 Å². The first kappa shape index (κ1) is 14.9. The molecular weight excluding hydrogens is 350 g/mol. The summed E-state index contributed by atoms with van der Waals surface area (Å²) < 4.78 is 23.5. The zero-order valence-corrected chi connectivity index (χ0v) is 12.4. The number of thiol groups is 1. The van der Waals surface area contributed by atoms with Crippen LogP contribution in [0.4, 0.5) is 10.3 Å². The number of carbonyl (C=O) groups is 1. The summed E-state index contributed by atoms with van der Waals surface area (Å²) in [4.78, 5) is 11.0. The van der Waals surface area contributed by atoms with E-state index >= 15 is 0 Å². The van der Waals surface area contributed by atoms with Gasteiger partial charge in [-0.05, 0) is 0 Å². The van der Waals surface area contributed by atoms with Gasteiger partial charge in [0.25, 0.3) is 5.13 Å². The molecule has 2 heterocycles. The van der Waals surface area contributed by atoms with Crippen molar-refractivity contribution >= 4 is 62.9 Å². The van der Waals surface area contributed by atoms with Crippen LogP contribution in [0.25, 0.3) is 0 Å². The monoisotopic (exact) mass is 353 g/mol. The highest BCUT2D eigenvalue weighted by Gasteiger charge is 2.13. The van der Waals surface area contributed by atoms with Gasteiger partial charge in [0.1, 0.15) is 0 Å². The molecule has 0 aliphatic rings. The average molecular weight is 353 g/mol. The molecule has 0 aliphatic carbocycles. The Morgan fingerprint density at radius 3 is 2.80 bits per heavy atom. The maximum atomic E-state index is 11.0. The third-order valence-corrected chi connectivity index (χ3v) is 4.14. The predicted octanol–water partition coefficient (Wildman–Crippen LogP) is 1.08. The lowest BCUT2D eigenvalue weighted by Gasteiger charge is -1.87. The number of nitrogens with one attached hydrogen (secondary N) is 1. The van der Waals surface area contributed by atoms with E-state index in [-0.39, 0.29) is 19.6 Å². The van der Waals surface area contributed by atoms with E-state index in [1.807, 2.05) is 0 Å². The van der Waals surface area contributed by atoms with Crippen molar-refractivity contribution in [3.05, 3.63) is 5.01 Å². The lowest BCUT2D eigenvalue weighted by Crippen LogP contribution is -1.96. The molecule has 15 heteroatoms. The number of nitrogens with zero attached hydrogens (tertiary/aromatic N) is 6. The van der Waals surface area contributed by atoms with Gasteiger partial charge in [-0.3, -0.25) is 0 Å². The summed E-state index contributed by atoms with van der Waals surface area (Å²) in [7, 11) is 0. The Bertz CT molecular complexity index is 668. The topological polar surface area (TPSA) is 152 Å². The molecule has 2 rings (SSSR count). The van der Waals surface area contributed by atoms with Gasteiger partial charge in [0.2, 0.25) is 25.6 Å². The minimum absolute atomic E-state index is 0.0252. The van der Waals surface area contributed by atoms with E-state index in [0.717, 1.165) is 22.7 Å². The molecule has 0 saturated carbocycles. The summed E-state index contributed by atoms with van der Waals surface area (Å²) in [6, 6.07) is 0. The van der Waals surface area contributed by atoms with Crippen LogP contribution < -0.4 is 5.43 Å². The summed E-state index contributed by atoms with van der Waals surface area (Å²) in [5, 5.41) is 21.4. The fourth-order valence-electron chi connectivity index (χ4n) is 0.813. The fraction of sp³-hybridized carbons (Fsp3) is 0. The van der Waals surface area contributed by atoms with Crippen LogP contribution >= 0.6 is 35.6 Å². The van der Waals surface area contributed by atoms with Crippen molar-refractivity contribution in [3.8, 4) is 0 Å². The molecule has 1 unspecified atom stereocenters. The minimum Gasteiger partial charge on any atom is -0.389 e. The van der Waals surface area contributed by atoms with Crippen LogP contribution in [0, 0.1) is 0 Å². The van der Waals surface area contributed by atoms with E-state index in [1.54, 1.807) is 0 Å². The Kier molecular flexibility index (Phi) is 5.01. The molecule has 2 aromatic rings. The molecule has 2 aromatic heterocycles. The van der Waals surface area contributed by atoms with E-state index in [2.05, 4.69) is 53.3 Å². The maximum Gasteiger partial charge on any atom is 0.381 e. The molecule has 0 fully saturated rings. The number of hydrogen-bond donors (Lipinski definition) is 3. The molecule has 0 aliphatic heterocycles. The molecule has 11 nitrogen and oxygen atoms in total. The number of rotatable bonds is 5. The van der Waals surface area contributed by atoms with Gasteiger partial charge in [0, 0.05) is 12.9 Å². The van der Waals surface area contributed by atoms with Crippen LogP contribution in [-0.2, 0) is 15.3 Å². The van der Waals surface area contributed by atoms with Crippen molar-refractivity contribution in [1.82, 2.24) is 20.4 Å². The van der Waals surface area contributed by atoms with E-state index in [9.17, 15) is 9.00 Å². The number of anilines is 1. The van der Waals surface area contributed by atoms with Crippen LogP contribution in [-0.4, -0.2) is 35.1 Å². The van der Waals surface area contributed by atoms with Crippen LogP contribution in [0.2, 0.25) is 0 Å². The van der Waals surface area contributed by atoms with Crippen molar-refractivity contribution < 1.29 is 17.7 Å². The molecule has 0 amide bonds. The molecule has 0 saturated heterocycles. The summed E-state index contributed by atoms with van der Waals surface area (Å²) in [6.07, 6.45) is 0. The zero-order chi connectivity index (χ0) is 14.5. The first-order valence-corrected chi connectivity index (χ1v) is 7.51. The Morgan fingerprint density at radius 1 is 1.35 bits per heavy atom. The van der Waals surface area contributed by atoms with Crippen LogP contribution in [0.15, 0.2) is 14.7 Å². The molecule has 1 atom stereocenters. The Morgan fingerprint density at radius 2 is 2.15 bits per heavy atom. The second-order valence-corrected chi connectivity index (χ2v) is 5.96. The molecule has 20 heavy (non-hydrogen) atoms. The SMILES string of the molecule is O=C(OS)c1nnc(N=NNc2nnc(S(=O)O)s2)s1. The summed E-state index contributed by atoms with van der Waals surface area (Å²) in [5.41, 5.74) is 2.39. The van der Waals surface area contributed by atoms with Crippen molar-refractivity contribution in [3.63, 3.8) is 0 Å². The third kappa shape index (κ3) is 3.73. The van der Waals surface area contributed by atoms with Crippen molar-refractivity contribution in [2.75, 3.05) is 5.43 Å². The second-order valence-electron chi connectivity index (χ2n) is 2.70. The molecule has 2 N–H and O–H groups in total. The van der Waals surface area contributed by atoms with Gasteiger partial charge in [-0.1, -0.05) is 33.0 Å². The van der Waals surface area contributed by atoms with E-state index in [1.165, 1.54) is 0 Å². The zero-order valence-electron chi connectivity index (χ0n) is 9.03. The standard InChI is InChI=1S/C5H3N7O4S4/c13-2(16-17)1-6-7-3(18-1)9-12-10-4-8-11-5(19-4)20(14)15/h17H,(H,14,15)(H,7,8,9,10). The molecule has 0 aromatic carbocycles. The van der Waals surface area contributed by atoms with Crippen LogP contribution in [0.3, 0.4) is 0 Å². The van der Waals surface area contributed by atoms with Gasteiger partial charge in [-0.2, -0.15) is 0 Å². The van der Waals surface area contributed by atoms with Gasteiger partial charge >= 0.3 is 5.97 Å². The van der Waals surface area contributed by atoms with Crippen LogP contribution in [0.1, 0.15) is 9.80 Å². The quantitative estimate of drug-likeness (QED) is 0.236. The molecule has 106 valence electrons. The number of carbonyl (C=O) groups excluding carboxylic acids is 1. The normalized spacial score (nSPS) is 12.5. The summed E-state index contributed by atoms with van der Waals surface area (Å²) in [5.74, 6) is -0.751. The van der Waals surface area contributed by atoms with E-state index in [0.29, 0.717) is 0 Å². The molecule has 0 spiro atoms. The Hall–Kier alpha value is -1.55. The second kappa shape index (κ2) is 6.75. The molecule has 0 radical (unpaired) electrons. The van der Waals surface area contributed by atoms with Crippen molar-refractivity contribution in [2.24, 2.45) is 10.3 Å². The highest BCUT2D eigenvalue weighted by atomic mass is 32.2. The summed E-state index contributed by atoms with van der Waals surface area (Å²) >= 11 is 2.82. The first-order chi connectivity index (χ1) is 9.60. The third-order valence-electron chi connectivity index (χ3n) is 1.51. The lowest BCUT2D eigenvalue weighted by molar-refractivity contribution is 0.0771. The van der Waals surface area contributed by atoms with E-state index in [4.69, 9.17) is 4.55 Å². The minimum atomic E-state index is -2.20. The fourth-order valence-corrected chi connectivity index (χ4v) is 2.55. The number of hydrogen-bond acceptors (Lipinski definition) is 12.